The molecule has 0 N–H and O–H groups in total. The molecule has 0 aromatic heterocycles. The summed E-state index contributed by atoms with van der Waals surface area (Å²) in [5.41, 5.74) is 1.60. The maximum absolute atomic E-state index is 12.0. The van der Waals surface area contributed by atoms with Gasteiger partial charge in [-0.3, -0.25) is 9.79 Å². The normalized spacial score (nSPS) is 10.6. The Morgan fingerprint density at radius 1 is 1.11 bits per heavy atom. The number of benzene rings is 2. The Labute approximate surface area is 112 Å². The topological polar surface area (TPSA) is 38.7 Å². The molecule has 3 nitrogen and oxygen atoms in total. The average Bonchev–Trinajstić information content (AvgIpc) is 2.48. The second-order valence-electron chi connectivity index (χ2n) is 4.02. The lowest BCUT2D eigenvalue weighted by atomic mass is 10.1. The van der Waals surface area contributed by atoms with Crippen molar-refractivity contribution in [3.63, 3.8) is 0 Å². The molecule has 0 aliphatic heterocycles. The Bertz CT molecular complexity index is 576. The highest BCUT2D eigenvalue weighted by molar-refractivity contribution is 6.36. The van der Waals surface area contributed by atoms with Gasteiger partial charge in [-0.15, -0.1) is 0 Å². The summed E-state index contributed by atoms with van der Waals surface area (Å²) in [6.07, 6.45) is 1.35. The number of para-hydroxylation sites is 1. The van der Waals surface area contributed by atoms with Crippen molar-refractivity contribution in [3.8, 4) is 5.75 Å². The molecule has 0 amide bonds. The van der Waals surface area contributed by atoms with Crippen LogP contribution in [0.5, 0.6) is 5.75 Å². The van der Waals surface area contributed by atoms with E-state index in [1.165, 1.54) is 6.21 Å². The molecular formula is C16H15NO2. The summed E-state index contributed by atoms with van der Waals surface area (Å²) in [6, 6.07) is 16.9. The number of ketones is 1. The second-order valence-corrected chi connectivity index (χ2v) is 4.02. The first-order valence-corrected chi connectivity index (χ1v) is 6.02. The molecule has 0 fully saturated rings. The van der Waals surface area contributed by atoms with Crippen LogP contribution in [0, 0.1) is 0 Å². The van der Waals surface area contributed by atoms with E-state index >= 15 is 0 Å². The first-order valence-electron chi connectivity index (χ1n) is 6.02. The van der Waals surface area contributed by atoms with Crippen LogP contribution in [0.25, 0.3) is 0 Å². The van der Waals surface area contributed by atoms with Gasteiger partial charge >= 0.3 is 0 Å². The molecule has 2 rings (SSSR count). The van der Waals surface area contributed by atoms with Gasteiger partial charge in [0, 0.05) is 0 Å². The lowest BCUT2D eigenvalue weighted by Gasteiger charge is -2.03. The van der Waals surface area contributed by atoms with Crippen molar-refractivity contribution in [3.05, 3.63) is 65.7 Å². The molecule has 0 bridgehead atoms. The van der Waals surface area contributed by atoms with E-state index in [0.29, 0.717) is 17.9 Å². The molecule has 2 aromatic rings. The van der Waals surface area contributed by atoms with E-state index < -0.39 is 0 Å². The van der Waals surface area contributed by atoms with Gasteiger partial charge in [0.05, 0.1) is 25.4 Å². The van der Waals surface area contributed by atoms with Gasteiger partial charge in [0.1, 0.15) is 5.75 Å². The number of nitrogens with zero attached hydrogens (tertiary/aromatic N) is 1. The van der Waals surface area contributed by atoms with Crippen molar-refractivity contribution in [2.75, 3.05) is 7.11 Å². The number of Topliss-reactive ketones (excluding diaryl/α,β-unsaturated/α-hetero) is 1. The Kier molecular flexibility index (Phi) is 4.45. The fourth-order valence-corrected chi connectivity index (χ4v) is 1.74. The summed E-state index contributed by atoms with van der Waals surface area (Å²) in [5.74, 6) is 0.423. The Morgan fingerprint density at radius 2 is 1.79 bits per heavy atom. The fourth-order valence-electron chi connectivity index (χ4n) is 1.74. The molecule has 0 atom stereocenters. The number of hydrogen-bond donors (Lipinski definition) is 0. The maximum atomic E-state index is 12.0. The molecule has 0 saturated carbocycles. The van der Waals surface area contributed by atoms with Gasteiger partial charge in [-0.1, -0.05) is 42.5 Å². The first-order chi connectivity index (χ1) is 9.31. The van der Waals surface area contributed by atoms with E-state index in [4.69, 9.17) is 4.74 Å². The van der Waals surface area contributed by atoms with Gasteiger partial charge < -0.3 is 4.74 Å². The molecule has 2 aromatic carbocycles. The number of methoxy groups -OCH3 is 1. The summed E-state index contributed by atoms with van der Waals surface area (Å²) >= 11 is 0. The van der Waals surface area contributed by atoms with Gasteiger partial charge in [0.25, 0.3) is 0 Å². The predicted octanol–water partition coefficient (Wildman–Crippen LogP) is 3.15. The van der Waals surface area contributed by atoms with Gasteiger partial charge in [0.2, 0.25) is 5.78 Å². The zero-order valence-corrected chi connectivity index (χ0v) is 10.7. The third kappa shape index (κ3) is 3.52. The third-order valence-corrected chi connectivity index (χ3v) is 2.70. The third-order valence-electron chi connectivity index (χ3n) is 2.70. The first kappa shape index (κ1) is 13.0. The van der Waals surface area contributed by atoms with Crippen molar-refractivity contribution in [1.82, 2.24) is 0 Å². The van der Waals surface area contributed by atoms with E-state index in [2.05, 4.69) is 4.99 Å². The Morgan fingerprint density at radius 3 is 2.53 bits per heavy atom. The maximum Gasteiger partial charge on any atom is 0.207 e. The predicted molar refractivity (Wildman–Crippen MR) is 76.0 cm³/mol. The molecule has 0 aliphatic rings. The van der Waals surface area contributed by atoms with E-state index in [0.717, 1.165) is 5.56 Å². The summed E-state index contributed by atoms with van der Waals surface area (Å²) in [7, 11) is 1.55. The quantitative estimate of drug-likeness (QED) is 0.606. The molecule has 0 radical (unpaired) electrons. The van der Waals surface area contributed by atoms with Crippen LogP contribution in [0.3, 0.4) is 0 Å². The minimum Gasteiger partial charge on any atom is -0.496 e. The lowest BCUT2D eigenvalue weighted by molar-refractivity contribution is 0.106. The van der Waals surface area contributed by atoms with Crippen molar-refractivity contribution in [1.29, 1.82) is 0 Å². The highest BCUT2D eigenvalue weighted by Crippen LogP contribution is 2.17. The van der Waals surface area contributed by atoms with Crippen LogP contribution in [0.2, 0.25) is 0 Å². The SMILES string of the molecule is COc1ccccc1C(=O)C=NCc1ccccc1. The monoisotopic (exact) mass is 253 g/mol. The van der Waals surface area contributed by atoms with Gasteiger partial charge in [-0.25, -0.2) is 0 Å². The molecule has 0 aliphatic carbocycles. The van der Waals surface area contributed by atoms with Crippen molar-refractivity contribution in [2.24, 2.45) is 4.99 Å². The van der Waals surface area contributed by atoms with E-state index in [-0.39, 0.29) is 5.78 Å². The summed E-state index contributed by atoms with van der Waals surface area (Å²) < 4.78 is 5.15. The highest BCUT2D eigenvalue weighted by atomic mass is 16.5. The highest BCUT2D eigenvalue weighted by Gasteiger charge is 2.08. The lowest BCUT2D eigenvalue weighted by Crippen LogP contribution is -2.03. The van der Waals surface area contributed by atoms with Crippen molar-refractivity contribution >= 4 is 12.0 Å². The van der Waals surface area contributed by atoms with Crippen LogP contribution >= 0.6 is 0 Å². The minimum absolute atomic E-state index is 0.145. The van der Waals surface area contributed by atoms with Crippen molar-refractivity contribution < 1.29 is 9.53 Å². The molecule has 96 valence electrons. The Balaban J connectivity index is 2.05. The summed E-state index contributed by atoms with van der Waals surface area (Å²) in [6.45, 7) is 0.502. The number of carbonyl (C=O) groups is 1. The molecule has 3 heteroatoms. The molecule has 0 heterocycles. The molecule has 19 heavy (non-hydrogen) atoms. The summed E-state index contributed by atoms with van der Waals surface area (Å²) in [4.78, 5) is 16.1. The van der Waals surface area contributed by atoms with Gasteiger partial charge in [0.15, 0.2) is 0 Å². The van der Waals surface area contributed by atoms with Crippen LogP contribution < -0.4 is 4.74 Å². The molecular weight excluding hydrogens is 238 g/mol. The largest absolute Gasteiger partial charge is 0.496 e. The van der Waals surface area contributed by atoms with E-state index in [1.54, 1.807) is 25.3 Å². The van der Waals surface area contributed by atoms with Crippen LogP contribution in [0.15, 0.2) is 59.6 Å². The second kappa shape index (κ2) is 6.50. The van der Waals surface area contributed by atoms with E-state index in [9.17, 15) is 4.79 Å². The van der Waals surface area contributed by atoms with E-state index in [1.807, 2.05) is 36.4 Å². The number of ether oxygens (including phenoxy) is 1. The van der Waals surface area contributed by atoms with Gasteiger partial charge in [-0.2, -0.15) is 0 Å². The zero-order chi connectivity index (χ0) is 13.5. The standard InChI is InChI=1S/C16H15NO2/c1-19-16-10-6-5-9-14(16)15(18)12-17-11-13-7-3-2-4-8-13/h2-10,12H,11H2,1H3. The molecule has 0 saturated heterocycles. The Hall–Kier alpha value is -2.42. The summed E-state index contributed by atoms with van der Waals surface area (Å²) in [5, 5.41) is 0. The molecule has 0 spiro atoms. The van der Waals surface area contributed by atoms with Crippen LogP contribution in [-0.2, 0) is 6.54 Å². The average molecular weight is 253 g/mol. The van der Waals surface area contributed by atoms with Crippen molar-refractivity contribution in [2.45, 2.75) is 6.54 Å². The number of carbonyl (C=O) groups excluding carboxylic acids is 1. The smallest absolute Gasteiger partial charge is 0.207 e. The number of rotatable bonds is 5. The van der Waals surface area contributed by atoms with Crippen LogP contribution in [0.4, 0.5) is 0 Å². The minimum atomic E-state index is -0.145. The van der Waals surface area contributed by atoms with Crippen LogP contribution in [0.1, 0.15) is 15.9 Å². The number of aliphatic imine (C=N–C) groups is 1. The molecule has 0 unspecified atom stereocenters. The van der Waals surface area contributed by atoms with Gasteiger partial charge in [-0.05, 0) is 17.7 Å². The zero-order valence-electron chi connectivity index (χ0n) is 10.7. The van der Waals surface area contributed by atoms with Crippen LogP contribution in [-0.4, -0.2) is 19.1 Å². The number of hydrogen-bond acceptors (Lipinski definition) is 3. The fraction of sp³-hybridized carbons (Fsp3) is 0.125.